The van der Waals surface area contributed by atoms with Crippen molar-refractivity contribution in [3.63, 3.8) is 0 Å². The van der Waals surface area contributed by atoms with Gasteiger partial charge in [0.25, 0.3) is 0 Å². The molecule has 3 aliphatic rings. The fraction of sp³-hybridized carbons (Fsp3) is 0.559. The molecule has 14 heteroatoms. The Labute approximate surface area is 296 Å². The highest BCUT2D eigenvalue weighted by molar-refractivity contribution is 8.00. The number of hydrogen-bond acceptors (Lipinski definition) is 7. The molecule has 0 spiro atoms. The Hall–Kier alpha value is -2.15. The molecular weight excluding hydrogens is 688 g/mol. The van der Waals surface area contributed by atoms with Crippen LogP contribution in [0.3, 0.4) is 0 Å². The molecule has 3 fully saturated rings. The SMILES string of the molecule is CSc1ccc(C(c2ccc(SC)cc2)C(C)CC(NC(=O)C2CCCN2C(=O)CCCCC2SCC3NC(=O)NC32)P(=O)(O)O)cc1. The molecule has 0 saturated carbocycles. The number of nitrogens with one attached hydrogen (secondary N) is 3. The zero-order valence-electron chi connectivity index (χ0n) is 27.7. The number of nitrogens with zero attached hydrogens (tertiary/aromatic N) is 1. The van der Waals surface area contributed by atoms with Gasteiger partial charge in [-0.1, -0.05) is 37.6 Å². The Morgan fingerprint density at radius 3 is 2.23 bits per heavy atom. The van der Waals surface area contributed by atoms with Crippen LogP contribution in [0, 0.1) is 5.92 Å². The average molecular weight is 735 g/mol. The van der Waals surface area contributed by atoms with Crippen molar-refractivity contribution in [3.05, 3.63) is 59.7 Å². The summed E-state index contributed by atoms with van der Waals surface area (Å²) in [7, 11) is -4.73. The first kappa shape index (κ1) is 37.1. The van der Waals surface area contributed by atoms with E-state index < -0.39 is 25.3 Å². The largest absolute Gasteiger partial charge is 0.347 e. The lowest BCUT2D eigenvalue weighted by atomic mass is 9.80. The number of rotatable bonds is 15. The van der Waals surface area contributed by atoms with Gasteiger partial charge in [0.05, 0.1) is 12.1 Å². The second-order valence-electron chi connectivity index (χ2n) is 13.0. The summed E-state index contributed by atoms with van der Waals surface area (Å²) in [6.45, 7) is 2.42. The summed E-state index contributed by atoms with van der Waals surface area (Å²) in [5.74, 6) is -1.49. The molecule has 10 nitrogen and oxygen atoms in total. The Kier molecular flexibility index (Phi) is 12.9. The lowest BCUT2D eigenvalue weighted by molar-refractivity contribution is -0.138. The summed E-state index contributed by atoms with van der Waals surface area (Å²) in [5, 5.41) is 8.96. The molecule has 3 aliphatic heterocycles. The van der Waals surface area contributed by atoms with E-state index in [0.717, 1.165) is 39.5 Å². The second kappa shape index (κ2) is 16.7. The van der Waals surface area contributed by atoms with E-state index in [1.165, 1.54) is 0 Å². The molecule has 0 aliphatic carbocycles. The molecule has 5 rings (SSSR count). The molecule has 5 N–H and O–H groups in total. The third kappa shape index (κ3) is 9.14. The van der Waals surface area contributed by atoms with Crippen LogP contribution in [0.25, 0.3) is 0 Å². The van der Waals surface area contributed by atoms with Crippen molar-refractivity contribution >= 4 is 60.7 Å². The molecule has 3 heterocycles. The number of carbonyl (C=O) groups excluding carboxylic acids is 3. The molecule has 2 aromatic carbocycles. The Balaban J connectivity index is 1.21. The molecule has 4 amide bonds. The van der Waals surface area contributed by atoms with Crippen molar-refractivity contribution < 1.29 is 28.7 Å². The summed E-state index contributed by atoms with van der Waals surface area (Å²) < 4.78 is 12.8. The highest BCUT2D eigenvalue weighted by Crippen LogP contribution is 2.46. The average Bonchev–Trinajstić information content (AvgIpc) is 3.80. The minimum atomic E-state index is -4.73. The number of likely N-dealkylation sites (tertiary alicyclic amines) is 1. The third-order valence-corrected chi connectivity index (χ3v) is 13.9. The molecule has 0 radical (unpaired) electrons. The Morgan fingerprint density at radius 1 is 1.02 bits per heavy atom. The molecule has 6 unspecified atom stereocenters. The van der Waals surface area contributed by atoms with Crippen LogP contribution in [-0.4, -0.2) is 86.5 Å². The van der Waals surface area contributed by atoms with Gasteiger partial charge >= 0.3 is 13.6 Å². The number of unbranched alkanes of at least 4 members (excludes halogenated alkanes) is 1. The summed E-state index contributed by atoms with van der Waals surface area (Å²) in [4.78, 5) is 63.2. The molecule has 0 aromatic heterocycles. The zero-order chi connectivity index (χ0) is 34.4. The van der Waals surface area contributed by atoms with Gasteiger partial charge in [-0.05, 0) is 85.9 Å². The van der Waals surface area contributed by atoms with Crippen LogP contribution >= 0.6 is 42.9 Å². The number of fused-ring (bicyclic) bond motifs is 1. The number of urea groups is 1. The van der Waals surface area contributed by atoms with Crippen molar-refractivity contribution in [2.24, 2.45) is 5.92 Å². The fourth-order valence-corrected chi connectivity index (χ4v) is 10.5. The molecule has 48 heavy (non-hydrogen) atoms. The maximum absolute atomic E-state index is 13.6. The Bertz CT molecular complexity index is 1430. The molecule has 2 aromatic rings. The smallest absolute Gasteiger partial charge is 0.340 e. The van der Waals surface area contributed by atoms with E-state index in [1.807, 2.05) is 31.2 Å². The number of carbonyl (C=O) groups is 3. The van der Waals surface area contributed by atoms with Gasteiger partial charge in [0.15, 0.2) is 0 Å². The normalized spacial score (nSPS) is 23.5. The predicted octanol–water partition coefficient (Wildman–Crippen LogP) is 5.63. The van der Waals surface area contributed by atoms with Crippen LogP contribution in [0.5, 0.6) is 0 Å². The Morgan fingerprint density at radius 2 is 1.65 bits per heavy atom. The minimum Gasteiger partial charge on any atom is -0.340 e. The van der Waals surface area contributed by atoms with Crippen LogP contribution in [0.1, 0.15) is 68.9 Å². The summed E-state index contributed by atoms with van der Waals surface area (Å²) >= 11 is 5.15. The number of thioether (sulfide) groups is 3. The van der Waals surface area contributed by atoms with Gasteiger partial charge in [-0.15, -0.1) is 23.5 Å². The van der Waals surface area contributed by atoms with Gasteiger partial charge in [-0.2, -0.15) is 11.8 Å². The van der Waals surface area contributed by atoms with E-state index in [0.29, 0.717) is 37.5 Å². The van der Waals surface area contributed by atoms with E-state index in [4.69, 9.17) is 0 Å². The van der Waals surface area contributed by atoms with Crippen LogP contribution in [0.2, 0.25) is 0 Å². The van der Waals surface area contributed by atoms with Crippen molar-refractivity contribution in [1.82, 2.24) is 20.9 Å². The first-order valence-electron chi connectivity index (χ1n) is 16.6. The third-order valence-electron chi connectivity index (χ3n) is 9.77. The summed E-state index contributed by atoms with van der Waals surface area (Å²) in [6, 6.07) is 15.9. The van der Waals surface area contributed by atoms with Gasteiger partial charge in [0.2, 0.25) is 11.8 Å². The fourth-order valence-electron chi connectivity index (χ4n) is 7.25. The van der Waals surface area contributed by atoms with Gasteiger partial charge in [0, 0.05) is 39.7 Å². The van der Waals surface area contributed by atoms with Crippen LogP contribution in [0.15, 0.2) is 58.3 Å². The molecular formula is C34H47N4O6PS3. The van der Waals surface area contributed by atoms with Gasteiger partial charge in [-0.3, -0.25) is 14.2 Å². The van der Waals surface area contributed by atoms with Crippen molar-refractivity contribution in [1.29, 1.82) is 0 Å². The summed E-state index contributed by atoms with van der Waals surface area (Å²) in [6.07, 6.45) is 7.95. The maximum Gasteiger partial charge on any atom is 0.347 e. The predicted molar refractivity (Wildman–Crippen MR) is 195 cm³/mol. The summed E-state index contributed by atoms with van der Waals surface area (Å²) in [5.41, 5.74) is 2.08. The number of benzene rings is 2. The lowest BCUT2D eigenvalue weighted by Crippen LogP contribution is -2.49. The molecule has 6 atom stereocenters. The number of hydrogen-bond donors (Lipinski definition) is 5. The highest BCUT2D eigenvalue weighted by Gasteiger charge is 2.43. The lowest BCUT2D eigenvalue weighted by Gasteiger charge is -2.31. The van der Waals surface area contributed by atoms with Crippen molar-refractivity contribution in [3.8, 4) is 0 Å². The quantitative estimate of drug-likeness (QED) is 0.0681. The zero-order valence-corrected chi connectivity index (χ0v) is 31.0. The highest BCUT2D eigenvalue weighted by atomic mass is 32.2. The van der Waals surface area contributed by atoms with Crippen LogP contribution in [-0.2, 0) is 14.2 Å². The topological polar surface area (TPSA) is 148 Å². The molecule has 3 saturated heterocycles. The van der Waals surface area contributed by atoms with E-state index in [2.05, 4.69) is 64.5 Å². The van der Waals surface area contributed by atoms with E-state index in [1.54, 1.807) is 28.4 Å². The van der Waals surface area contributed by atoms with Crippen molar-refractivity contribution in [2.45, 2.75) is 96.7 Å². The molecule has 262 valence electrons. The molecule has 0 bridgehead atoms. The van der Waals surface area contributed by atoms with Gasteiger partial charge in [0.1, 0.15) is 11.8 Å². The number of amides is 4. The van der Waals surface area contributed by atoms with Crippen LogP contribution < -0.4 is 16.0 Å². The van der Waals surface area contributed by atoms with Crippen molar-refractivity contribution in [2.75, 3.05) is 24.8 Å². The van der Waals surface area contributed by atoms with E-state index in [9.17, 15) is 28.7 Å². The van der Waals surface area contributed by atoms with Gasteiger partial charge in [-0.25, -0.2) is 4.79 Å². The first-order valence-corrected chi connectivity index (χ1v) is 21.8. The van der Waals surface area contributed by atoms with Crippen LogP contribution in [0.4, 0.5) is 4.79 Å². The first-order chi connectivity index (χ1) is 23.0. The van der Waals surface area contributed by atoms with Gasteiger partial charge < -0.3 is 30.6 Å². The minimum absolute atomic E-state index is 0.0624. The van der Waals surface area contributed by atoms with E-state index in [-0.39, 0.29) is 42.3 Å². The second-order valence-corrected chi connectivity index (χ2v) is 17.8. The standard InChI is InChI=1S/C34H47N4O6PS3/c1-21(31(22-10-14-24(46-2)15-11-22)23-12-16-25(47-3)17-13-23)19-29(45(42,43)44)36-33(40)27-7-6-18-38(27)30(39)9-5-4-8-28-32-26(20-48-28)35-34(41)37-32/h10-17,21,26-29,31-32H,4-9,18-20H2,1-3H3,(H,36,40)(H2,35,37,41)(H2,42,43,44). The monoisotopic (exact) mass is 734 g/mol. The van der Waals surface area contributed by atoms with E-state index >= 15 is 0 Å². The maximum atomic E-state index is 13.6.